The second-order valence-corrected chi connectivity index (χ2v) is 8.08. The summed E-state index contributed by atoms with van der Waals surface area (Å²) in [6, 6.07) is 12.5. The Hall–Kier alpha value is -2.29. The minimum Gasteiger partial charge on any atom is -0.366 e. The fourth-order valence-corrected chi connectivity index (χ4v) is 4.49. The molecule has 0 radical (unpaired) electrons. The van der Waals surface area contributed by atoms with Crippen molar-refractivity contribution in [3.05, 3.63) is 65.5 Å². The van der Waals surface area contributed by atoms with Gasteiger partial charge in [0, 0.05) is 38.3 Å². The number of hydrogen-bond acceptors (Lipinski definition) is 4. The molecule has 2 aromatic rings. The van der Waals surface area contributed by atoms with Crippen LogP contribution in [0.25, 0.3) is 0 Å². The number of halogens is 1. The van der Waals surface area contributed by atoms with Crippen molar-refractivity contribution in [3.63, 3.8) is 0 Å². The van der Waals surface area contributed by atoms with E-state index in [1.165, 1.54) is 22.5 Å². The van der Waals surface area contributed by atoms with Gasteiger partial charge in [-0.2, -0.15) is 4.31 Å². The molecule has 26 heavy (non-hydrogen) atoms. The molecule has 1 heterocycles. The average Bonchev–Trinajstić information content (AvgIpc) is 2.62. The number of amides is 1. The van der Waals surface area contributed by atoms with Crippen LogP contribution in [0.3, 0.4) is 0 Å². The Morgan fingerprint density at radius 2 is 1.73 bits per heavy atom. The lowest BCUT2D eigenvalue weighted by Crippen LogP contribution is -2.48. The monoisotopic (exact) mass is 377 g/mol. The van der Waals surface area contributed by atoms with E-state index in [4.69, 9.17) is 5.73 Å². The van der Waals surface area contributed by atoms with Gasteiger partial charge in [0.2, 0.25) is 15.9 Å². The molecule has 0 bridgehead atoms. The van der Waals surface area contributed by atoms with Gasteiger partial charge in [0.15, 0.2) is 0 Å². The first-order valence-electron chi connectivity index (χ1n) is 8.24. The zero-order chi connectivity index (χ0) is 18.7. The number of rotatable bonds is 5. The highest BCUT2D eigenvalue weighted by molar-refractivity contribution is 7.89. The fourth-order valence-electron chi connectivity index (χ4n) is 3.00. The van der Waals surface area contributed by atoms with Crippen LogP contribution in [0.2, 0.25) is 0 Å². The van der Waals surface area contributed by atoms with E-state index in [9.17, 15) is 17.6 Å². The van der Waals surface area contributed by atoms with E-state index in [-0.39, 0.29) is 18.0 Å². The van der Waals surface area contributed by atoms with Gasteiger partial charge in [-0.15, -0.1) is 0 Å². The number of nitrogens with two attached hydrogens (primary N) is 1. The van der Waals surface area contributed by atoms with Crippen LogP contribution in [-0.4, -0.2) is 49.7 Å². The van der Waals surface area contributed by atoms with E-state index in [2.05, 4.69) is 4.90 Å². The SMILES string of the molecule is NC(=O)c1cccc(CN2CCN(S(=O)(=O)c3ccccc3F)CC2)c1. The Bertz CT molecular complexity index is 909. The number of piperazine rings is 1. The Kier molecular flexibility index (Phi) is 5.36. The van der Waals surface area contributed by atoms with Crippen LogP contribution in [0.1, 0.15) is 15.9 Å². The zero-order valence-electron chi connectivity index (χ0n) is 14.1. The maximum absolute atomic E-state index is 13.9. The molecule has 8 heteroatoms. The smallest absolute Gasteiger partial charge is 0.248 e. The molecule has 0 unspecified atom stereocenters. The van der Waals surface area contributed by atoms with E-state index >= 15 is 0 Å². The van der Waals surface area contributed by atoms with Crippen LogP contribution in [-0.2, 0) is 16.6 Å². The number of nitrogens with zero attached hydrogens (tertiary/aromatic N) is 2. The molecule has 1 saturated heterocycles. The summed E-state index contributed by atoms with van der Waals surface area (Å²) in [6.07, 6.45) is 0. The summed E-state index contributed by atoms with van der Waals surface area (Å²) in [7, 11) is -3.84. The maximum atomic E-state index is 13.9. The fraction of sp³-hybridized carbons (Fsp3) is 0.278. The van der Waals surface area contributed by atoms with Crippen molar-refractivity contribution in [2.45, 2.75) is 11.4 Å². The summed E-state index contributed by atoms with van der Waals surface area (Å²) in [6.45, 7) is 2.20. The van der Waals surface area contributed by atoms with Crippen molar-refractivity contribution in [2.75, 3.05) is 26.2 Å². The van der Waals surface area contributed by atoms with E-state index in [0.29, 0.717) is 25.2 Å². The van der Waals surface area contributed by atoms with Crippen LogP contribution in [0.15, 0.2) is 53.4 Å². The highest BCUT2D eigenvalue weighted by Gasteiger charge is 2.30. The molecule has 1 amide bonds. The number of sulfonamides is 1. The predicted octanol–water partition coefficient (Wildman–Crippen LogP) is 1.43. The molecule has 1 fully saturated rings. The van der Waals surface area contributed by atoms with E-state index < -0.39 is 21.7 Å². The molecular formula is C18H20FN3O3S. The van der Waals surface area contributed by atoms with Crippen LogP contribution >= 0.6 is 0 Å². The second-order valence-electron chi connectivity index (χ2n) is 6.18. The van der Waals surface area contributed by atoms with Crippen molar-refractivity contribution < 1.29 is 17.6 Å². The van der Waals surface area contributed by atoms with Crippen LogP contribution in [0.4, 0.5) is 4.39 Å². The normalized spacial score (nSPS) is 16.5. The van der Waals surface area contributed by atoms with Crippen molar-refractivity contribution in [2.24, 2.45) is 5.73 Å². The summed E-state index contributed by atoms with van der Waals surface area (Å²) in [4.78, 5) is 13.1. The second kappa shape index (κ2) is 7.53. The molecule has 2 N–H and O–H groups in total. The lowest BCUT2D eigenvalue weighted by atomic mass is 10.1. The summed E-state index contributed by atoms with van der Waals surface area (Å²) in [5.41, 5.74) is 6.68. The lowest BCUT2D eigenvalue weighted by molar-refractivity contribution is 0.1000. The molecule has 3 rings (SSSR count). The van der Waals surface area contributed by atoms with Gasteiger partial charge in [0.25, 0.3) is 0 Å². The molecule has 2 aromatic carbocycles. The molecule has 138 valence electrons. The third-order valence-corrected chi connectivity index (χ3v) is 6.34. The van der Waals surface area contributed by atoms with Crippen molar-refractivity contribution in [1.82, 2.24) is 9.21 Å². The number of carbonyl (C=O) groups excluding carboxylic acids is 1. The summed E-state index contributed by atoms with van der Waals surface area (Å²) < 4.78 is 40.4. The van der Waals surface area contributed by atoms with Crippen molar-refractivity contribution >= 4 is 15.9 Å². The van der Waals surface area contributed by atoms with Crippen LogP contribution in [0, 0.1) is 5.82 Å². The molecular weight excluding hydrogens is 357 g/mol. The maximum Gasteiger partial charge on any atom is 0.248 e. The standard InChI is InChI=1S/C18H20FN3O3S/c19-16-6-1-2-7-17(16)26(24,25)22-10-8-21(9-11-22)13-14-4-3-5-15(12-14)18(20)23/h1-7,12H,8-11,13H2,(H2,20,23). The number of benzene rings is 2. The van der Waals surface area contributed by atoms with Gasteiger partial charge in [0.1, 0.15) is 10.7 Å². The largest absolute Gasteiger partial charge is 0.366 e. The molecule has 0 aliphatic carbocycles. The first-order valence-corrected chi connectivity index (χ1v) is 9.68. The zero-order valence-corrected chi connectivity index (χ0v) is 15.0. The third-order valence-electron chi connectivity index (χ3n) is 4.40. The highest BCUT2D eigenvalue weighted by Crippen LogP contribution is 2.21. The number of primary amides is 1. The predicted molar refractivity (Wildman–Crippen MR) is 95.4 cm³/mol. The summed E-state index contributed by atoms with van der Waals surface area (Å²) >= 11 is 0. The molecule has 0 aromatic heterocycles. The number of hydrogen-bond donors (Lipinski definition) is 1. The van der Waals surface area contributed by atoms with Gasteiger partial charge in [-0.05, 0) is 29.8 Å². The van der Waals surface area contributed by atoms with Gasteiger partial charge >= 0.3 is 0 Å². The Labute approximate surface area is 152 Å². The summed E-state index contributed by atoms with van der Waals surface area (Å²) in [5, 5.41) is 0. The Balaban J connectivity index is 1.65. The Morgan fingerprint density at radius 1 is 1.04 bits per heavy atom. The lowest BCUT2D eigenvalue weighted by Gasteiger charge is -2.34. The van der Waals surface area contributed by atoms with Gasteiger partial charge in [-0.3, -0.25) is 9.69 Å². The molecule has 0 spiro atoms. The molecule has 1 aliphatic rings. The van der Waals surface area contributed by atoms with Crippen LogP contribution < -0.4 is 5.73 Å². The minimum atomic E-state index is -3.84. The molecule has 0 atom stereocenters. The first kappa shape index (κ1) is 18.5. The quantitative estimate of drug-likeness (QED) is 0.854. The van der Waals surface area contributed by atoms with Crippen molar-refractivity contribution in [1.29, 1.82) is 0 Å². The molecule has 6 nitrogen and oxygen atoms in total. The average molecular weight is 377 g/mol. The van der Waals surface area contributed by atoms with E-state index in [1.807, 2.05) is 6.07 Å². The van der Waals surface area contributed by atoms with Gasteiger partial charge < -0.3 is 5.73 Å². The Morgan fingerprint density at radius 3 is 2.38 bits per heavy atom. The van der Waals surface area contributed by atoms with Crippen molar-refractivity contribution in [3.8, 4) is 0 Å². The van der Waals surface area contributed by atoms with Gasteiger partial charge in [0.05, 0.1) is 0 Å². The molecule has 1 aliphatic heterocycles. The first-order chi connectivity index (χ1) is 12.4. The van der Waals surface area contributed by atoms with E-state index in [0.717, 1.165) is 11.6 Å². The minimum absolute atomic E-state index is 0.284. The topological polar surface area (TPSA) is 83.7 Å². The third kappa shape index (κ3) is 3.92. The molecule has 0 saturated carbocycles. The van der Waals surface area contributed by atoms with Gasteiger partial charge in [-0.25, -0.2) is 12.8 Å². The highest BCUT2D eigenvalue weighted by atomic mass is 32.2. The van der Waals surface area contributed by atoms with Gasteiger partial charge in [-0.1, -0.05) is 24.3 Å². The number of carbonyl (C=O) groups is 1. The van der Waals surface area contributed by atoms with E-state index in [1.54, 1.807) is 18.2 Å². The van der Waals surface area contributed by atoms with Crippen LogP contribution in [0.5, 0.6) is 0 Å². The summed E-state index contributed by atoms with van der Waals surface area (Å²) in [5.74, 6) is -1.22.